The molecule has 21 heavy (non-hydrogen) atoms. The second-order valence-corrected chi connectivity index (χ2v) is 5.15. The molecule has 0 saturated carbocycles. The highest BCUT2D eigenvalue weighted by atomic mass is 16.7. The molecule has 6 nitrogen and oxygen atoms in total. The van der Waals surface area contributed by atoms with Crippen LogP contribution in [0.1, 0.15) is 25.7 Å². The number of benzene rings is 1. The highest BCUT2D eigenvalue weighted by Gasteiger charge is 2.21. The van der Waals surface area contributed by atoms with Crippen molar-refractivity contribution >= 4 is 11.6 Å². The lowest BCUT2D eigenvalue weighted by atomic mass is 10.1. The molecule has 0 radical (unpaired) electrons. The molecule has 0 bridgehead atoms. The standard InChI is InChI=1S/C15H19NO5/c1-18-12-8-14-13(20-9-21-14)7-11(12)16-15(17)6-10-4-2-3-5-19-10/h7-8,10H,2-6,9H2,1H3,(H,16,17). The summed E-state index contributed by atoms with van der Waals surface area (Å²) in [7, 11) is 1.55. The van der Waals surface area contributed by atoms with Gasteiger partial charge in [0.25, 0.3) is 0 Å². The van der Waals surface area contributed by atoms with Gasteiger partial charge in [-0.15, -0.1) is 0 Å². The van der Waals surface area contributed by atoms with Crippen molar-refractivity contribution in [3.8, 4) is 17.2 Å². The molecule has 3 rings (SSSR count). The van der Waals surface area contributed by atoms with Crippen molar-refractivity contribution in [2.45, 2.75) is 31.8 Å². The monoisotopic (exact) mass is 293 g/mol. The first-order valence-corrected chi connectivity index (χ1v) is 7.15. The minimum Gasteiger partial charge on any atom is -0.494 e. The Labute approximate surface area is 123 Å². The first-order chi connectivity index (χ1) is 10.3. The van der Waals surface area contributed by atoms with E-state index in [1.165, 1.54) is 0 Å². The molecule has 1 fully saturated rings. The SMILES string of the molecule is COc1cc2c(cc1NC(=O)CC1CCCCO1)OCO2. The summed E-state index contributed by atoms with van der Waals surface area (Å²) in [5.41, 5.74) is 0.586. The molecule has 0 aliphatic carbocycles. The fourth-order valence-electron chi connectivity index (χ4n) is 2.57. The zero-order chi connectivity index (χ0) is 14.7. The molecule has 2 aliphatic rings. The second kappa shape index (κ2) is 6.22. The number of carbonyl (C=O) groups is 1. The lowest BCUT2D eigenvalue weighted by Crippen LogP contribution is -2.25. The second-order valence-electron chi connectivity index (χ2n) is 5.15. The van der Waals surface area contributed by atoms with E-state index in [2.05, 4.69) is 5.32 Å². The van der Waals surface area contributed by atoms with Gasteiger partial charge in [0.1, 0.15) is 5.75 Å². The van der Waals surface area contributed by atoms with Crippen LogP contribution in [0.2, 0.25) is 0 Å². The molecule has 2 aliphatic heterocycles. The minimum atomic E-state index is -0.0842. The number of anilines is 1. The maximum absolute atomic E-state index is 12.1. The van der Waals surface area contributed by atoms with E-state index in [0.29, 0.717) is 29.4 Å². The van der Waals surface area contributed by atoms with Crippen molar-refractivity contribution < 1.29 is 23.7 Å². The fraction of sp³-hybridized carbons (Fsp3) is 0.533. The Balaban J connectivity index is 1.67. The minimum absolute atomic E-state index is 0.0127. The van der Waals surface area contributed by atoms with Crippen molar-refractivity contribution in [2.24, 2.45) is 0 Å². The van der Waals surface area contributed by atoms with Crippen molar-refractivity contribution in [1.82, 2.24) is 0 Å². The zero-order valence-corrected chi connectivity index (χ0v) is 12.0. The van der Waals surface area contributed by atoms with Gasteiger partial charge in [0, 0.05) is 18.7 Å². The summed E-state index contributed by atoms with van der Waals surface area (Å²) >= 11 is 0. The van der Waals surface area contributed by atoms with E-state index in [-0.39, 0.29) is 18.8 Å². The molecule has 1 atom stereocenters. The van der Waals surface area contributed by atoms with Crippen LogP contribution in [-0.4, -0.2) is 32.5 Å². The van der Waals surface area contributed by atoms with Gasteiger partial charge >= 0.3 is 0 Å². The number of rotatable bonds is 4. The molecule has 1 aromatic rings. The van der Waals surface area contributed by atoms with Crippen LogP contribution in [0, 0.1) is 0 Å². The van der Waals surface area contributed by atoms with E-state index in [4.69, 9.17) is 18.9 Å². The highest BCUT2D eigenvalue weighted by Crippen LogP contribution is 2.40. The van der Waals surface area contributed by atoms with Crippen molar-refractivity contribution in [3.63, 3.8) is 0 Å². The van der Waals surface area contributed by atoms with Crippen LogP contribution in [0.4, 0.5) is 5.69 Å². The summed E-state index contributed by atoms with van der Waals surface area (Å²) in [5, 5.41) is 2.86. The van der Waals surface area contributed by atoms with Gasteiger partial charge in [0.2, 0.25) is 12.7 Å². The van der Waals surface area contributed by atoms with E-state index >= 15 is 0 Å². The molecular formula is C15H19NO5. The smallest absolute Gasteiger partial charge is 0.231 e. The molecule has 1 N–H and O–H groups in total. The summed E-state index contributed by atoms with van der Waals surface area (Å²) < 4.78 is 21.5. The van der Waals surface area contributed by atoms with Crippen molar-refractivity contribution in [3.05, 3.63) is 12.1 Å². The molecule has 1 saturated heterocycles. The number of hydrogen-bond donors (Lipinski definition) is 1. The molecule has 6 heteroatoms. The quantitative estimate of drug-likeness (QED) is 0.923. The van der Waals surface area contributed by atoms with Gasteiger partial charge in [-0.25, -0.2) is 0 Å². The summed E-state index contributed by atoms with van der Waals surface area (Å²) in [5.74, 6) is 1.71. The van der Waals surface area contributed by atoms with Gasteiger partial charge in [0.05, 0.1) is 25.3 Å². The Bertz CT molecular complexity index is 525. The molecule has 2 heterocycles. The number of ether oxygens (including phenoxy) is 4. The Kier molecular flexibility index (Phi) is 4.15. The van der Waals surface area contributed by atoms with Crippen LogP contribution in [-0.2, 0) is 9.53 Å². The lowest BCUT2D eigenvalue weighted by molar-refractivity contribution is -0.119. The topological polar surface area (TPSA) is 66.0 Å². The van der Waals surface area contributed by atoms with Gasteiger partial charge in [-0.05, 0) is 19.3 Å². The van der Waals surface area contributed by atoms with Gasteiger partial charge in [-0.2, -0.15) is 0 Å². The first kappa shape index (κ1) is 14.0. The van der Waals surface area contributed by atoms with E-state index in [9.17, 15) is 4.79 Å². The largest absolute Gasteiger partial charge is 0.494 e. The maximum atomic E-state index is 12.1. The van der Waals surface area contributed by atoms with Gasteiger partial charge in [-0.3, -0.25) is 4.79 Å². The molecular weight excluding hydrogens is 274 g/mol. The Morgan fingerprint density at radius 3 is 2.86 bits per heavy atom. The molecule has 0 spiro atoms. The molecule has 1 unspecified atom stereocenters. The third kappa shape index (κ3) is 3.21. The number of carbonyl (C=O) groups excluding carboxylic acids is 1. The predicted molar refractivity (Wildman–Crippen MR) is 76.0 cm³/mol. The molecule has 114 valence electrons. The Morgan fingerprint density at radius 1 is 1.33 bits per heavy atom. The number of hydrogen-bond acceptors (Lipinski definition) is 5. The number of nitrogens with one attached hydrogen (secondary N) is 1. The predicted octanol–water partition coefficient (Wildman–Crippen LogP) is 2.32. The van der Waals surface area contributed by atoms with E-state index < -0.39 is 0 Å². The maximum Gasteiger partial charge on any atom is 0.231 e. The van der Waals surface area contributed by atoms with E-state index in [1.807, 2.05) is 0 Å². The third-order valence-electron chi connectivity index (χ3n) is 3.66. The van der Waals surface area contributed by atoms with Crippen molar-refractivity contribution in [2.75, 3.05) is 25.8 Å². The van der Waals surface area contributed by atoms with Crippen molar-refractivity contribution in [1.29, 1.82) is 0 Å². The lowest BCUT2D eigenvalue weighted by Gasteiger charge is -2.22. The average molecular weight is 293 g/mol. The Hall–Kier alpha value is -1.95. The highest BCUT2D eigenvalue weighted by molar-refractivity contribution is 5.93. The van der Waals surface area contributed by atoms with Gasteiger partial charge in [-0.1, -0.05) is 0 Å². The van der Waals surface area contributed by atoms with Crippen LogP contribution >= 0.6 is 0 Å². The Morgan fingerprint density at radius 2 is 2.14 bits per heavy atom. The van der Waals surface area contributed by atoms with Crippen LogP contribution in [0.15, 0.2) is 12.1 Å². The van der Waals surface area contributed by atoms with Gasteiger partial charge < -0.3 is 24.3 Å². The summed E-state index contributed by atoms with van der Waals surface area (Å²) in [4.78, 5) is 12.1. The first-order valence-electron chi connectivity index (χ1n) is 7.15. The number of amides is 1. The van der Waals surface area contributed by atoms with Crippen LogP contribution in [0.25, 0.3) is 0 Å². The van der Waals surface area contributed by atoms with Crippen LogP contribution in [0.5, 0.6) is 17.2 Å². The summed E-state index contributed by atoms with van der Waals surface area (Å²) in [6, 6.07) is 3.44. The third-order valence-corrected chi connectivity index (χ3v) is 3.66. The molecule has 1 aromatic carbocycles. The summed E-state index contributed by atoms with van der Waals surface area (Å²) in [6.45, 7) is 0.928. The summed E-state index contributed by atoms with van der Waals surface area (Å²) in [6.07, 6.45) is 3.50. The number of methoxy groups -OCH3 is 1. The van der Waals surface area contributed by atoms with Gasteiger partial charge in [0.15, 0.2) is 11.5 Å². The average Bonchev–Trinajstić information content (AvgIpc) is 2.94. The molecule has 1 amide bonds. The van der Waals surface area contributed by atoms with Crippen LogP contribution in [0.3, 0.4) is 0 Å². The zero-order valence-electron chi connectivity index (χ0n) is 12.0. The van der Waals surface area contributed by atoms with E-state index in [0.717, 1.165) is 25.9 Å². The molecule has 0 aromatic heterocycles. The normalized spacial score (nSPS) is 20.1. The fourth-order valence-corrected chi connectivity index (χ4v) is 2.57. The van der Waals surface area contributed by atoms with Crippen LogP contribution < -0.4 is 19.5 Å². The van der Waals surface area contributed by atoms with E-state index in [1.54, 1.807) is 19.2 Å². The number of fused-ring (bicyclic) bond motifs is 1.